The predicted molar refractivity (Wildman–Crippen MR) is 68.9 cm³/mol. The Morgan fingerprint density at radius 3 is 2.37 bits per heavy atom. The Balaban J connectivity index is 2.62. The molecule has 0 amide bonds. The lowest BCUT2D eigenvalue weighted by molar-refractivity contribution is -0.137. The maximum absolute atomic E-state index is 12.4. The van der Waals surface area contributed by atoms with E-state index in [1.165, 1.54) is 12.1 Å². The van der Waals surface area contributed by atoms with Crippen molar-refractivity contribution in [1.82, 2.24) is 5.43 Å². The Morgan fingerprint density at radius 2 is 1.89 bits per heavy atom. The maximum Gasteiger partial charge on any atom is 0.416 e. The summed E-state index contributed by atoms with van der Waals surface area (Å²) in [5.41, 5.74) is 2.85. The van der Waals surface area contributed by atoms with Crippen LogP contribution in [0.4, 0.5) is 13.2 Å². The maximum atomic E-state index is 12.4. The van der Waals surface area contributed by atoms with Gasteiger partial charge in [0, 0.05) is 12.5 Å². The molecule has 0 aliphatic carbocycles. The molecule has 0 aliphatic heterocycles. The zero-order chi connectivity index (χ0) is 14.3. The third-order valence-corrected chi connectivity index (χ3v) is 2.79. The molecule has 1 atom stereocenters. The van der Waals surface area contributed by atoms with E-state index in [-0.39, 0.29) is 6.04 Å². The number of alkyl halides is 3. The molecule has 0 spiro atoms. The highest BCUT2D eigenvalue weighted by Crippen LogP contribution is 2.29. The molecule has 2 nitrogen and oxygen atoms in total. The van der Waals surface area contributed by atoms with Crippen LogP contribution in [0.2, 0.25) is 0 Å². The van der Waals surface area contributed by atoms with Crippen LogP contribution in [0, 0.1) is 11.8 Å². The summed E-state index contributed by atoms with van der Waals surface area (Å²) >= 11 is 0. The third kappa shape index (κ3) is 5.33. The number of nitrogens with one attached hydrogen (secondary N) is 1. The van der Waals surface area contributed by atoms with E-state index >= 15 is 0 Å². The van der Waals surface area contributed by atoms with E-state index in [2.05, 4.69) is 17.3 Å². The van der Waals surface area contributed by atoms with Crippen LogP contribution in [-0.4, -0.2) is 6.04 Å². The molecule has 0 aromatic heterocycles. The van der Waals surface area contributed by atoms with Gasteiger partial charge in [0.15, 0.2) is 0 Å². The molecule has 104 valence electrons. The summed E-state index contributed by atoms with van der Waals surface area (Å²) in [5, 5.41) is 0. The van der Waals surface area contributed by atoms with Gasteiger partial charge in [-0.1, -0.05) is 12.1 Å². The molecule has 5 heteroatoms. The first-order valence-corrected chi connectivity index (χ1v) is 5.99. The molecule has 1 aromatic rings. The minimum absolute atomic E-state index is 0.0117. The summed E-state index contributed by atoms with van der Waals surface area (Å²) in [7, 11) is 0. The summed E-state index contributed by atoms with van der Waals surface area (Å²) in [5.74, 6) is 11.1. The summed E-state index contributed by atoms with van der Waals surface area (Å²) in [6.07, 6.45) is -2.23. The first-order chi connectivity index (χ1) is 8.97. The molecular weight excluding hydrogens is 253 g/mol. The van der Waals surface area contributed by atoms with Gasteiger partial charge >= 0.3 is 6.18 Å². The Bertz CT molecular complexity index is 440. The van der Waals surface area contributed by atoms with E-state index in [9.17, 15) is 13.2 Å². The van der Waals surface area contributed by atoms with Gasteiger partial charge in [0.2, 0.25) is 0 Å². The van der Waals surface area contributed by atoms with Crippen LogP contribution >= 0.6 is 0 Å². The monoisotopic (exact) mass is 270 g/mol. The van der Waals surface area contributed by atoms with Crippen LogP contribution in [0.3, 0.4) is 0 Å². The fourth-order valence-electron chi connectivity index (χ4n) is 1.73. The highest BCUT2D eigenvalue weighted by Gasteiger charge is 2.29. The van der Waals surface area contributed by atoms with Crippen LogP contribution in [0.5, 0.6) is 0 Å². The van der Waals surface area contributed by atoms with E-state index in [0.29, 0.717) is 12.8 Å². The second kappa shape index (κ2) is 7.17. The number of hydrazine groups is 1. The fraction of sp³-hybridized carbons (Fsp3) is 0.429. The number of rotatable bonds is 5. The topological polar surface area (TPSA) is 38.0 Å². The van der Waals surface area contributed by atoms with Crippen molar-refractivity contribution in [2.24, 2.45) is 5.84 Å². The van der Waals surface area contributed by atoms with Crippen molar-refractivity contribution < 1.29 is 13.2 Å². The second-order valence-electron chi connectivity index (χ2n) is 4.23. The molecule has 0 bridgehead atoms. The van der Waals surface area contributed by atoms with Crippen molar-refractivity contribution in [3.63, 3.8) is 0 Å². The summed E-state index contributed by atoms with van der Waals surface area (Å²) in [6, 6.07) is 5.17. The second-order valence-corrected chi connectivity index (χ2v) is 4.23. The molecule has 0 aliphatic rings. The van der Waals surface area contributed by atoms with Gasteiger partial charge in [-0.15, -0.1) is 11.8 Å². The number of hydrogen-bond donors (Lipinski definition) is 2. The predicted octanol–water partition coefficient (Wildman–Crippen LogP) is 2.88. The van der Waals surface area contributed by atoms with Gasteiger partial charge in [0.1, 0.15) is 0 Å². The van der Waals surface area contributed by atoms with Crippen LogP contribution in [-0.2, 0) is 12.6 Å². The van der Waals surface area contributed by atoms with Gasteiger partial charge in [0.05, 0.1) is 5.56 Å². The van der Waals surface area contributed by atoms with Crippen molar-refractivity contribution in [2.75, 3.05) is 0 Å². The Kier molecular flexibility index (Phi) is 5.87. The summed E-state index contributed by atoms with van der Waals surface area (Å²) in [4.78, 5) is 0. The van der Waals surface area contributed by atoms with Crippen molar-refractivity contribution >= 4 is 0 Å². The van der Waals surface area contributed by atoms with Crippen LogP contribution < -0.4 is 11.3 Å². The van der Waals surface area contributed by atoms with Gasteiger partial charge in [-0.3, -0.25) is 11.3 Å². The zero-order valence-corrected chi connectivity index (χ0v) is 10.7. The van der Waals surface area contributed by atoms with E-state index in [0.717, 1.165) is 24.1 Å². The van der Waals surface area contributed by atoms with Crippen LogP contribution in [0.15, 0.2) is 24.3 Å². The summed E-state index contributed by atoms with van der Waals surface area (Å²) < 4.78 is 37.2. The largest absolute Gasteiger partial charge is 0.416 e. The van der Waals surface area contributed by atoms with Gasteiger partial charge in [-0.2, -0.15) is 13.2 Å². The smallest absolute Gasteiger partial charge is 0.271 e. The molecule has 1 unspecified atom stereocenters. The third-order valence-electron chi connectivity index (χ3n) is 2.79. The van der Waals surface area contributed by atoms with Crippen molar-refractivity contribution in [3.05, 3.63) is 35.4 Å². The Morgan fingerprint density at radius 1 is 1.26 bits per heavy atom. The highest BCUT2D eigenvalue weighted by atomic mass is 19.4. The van der Waals surface area contributed by atoms with Crippen molar-refractivity contribution in [2.45, 2.75) is 38.4 Å². The van der Waals surface area contributed by atoms with Crippen LogP contribution in [0.25, 0.3) is 0 Å². The molecule has 0 heterocycles. The number of nitrogens with two attached hydrogens (primary N) is 1. The fourth-order valence-corrected chi connectivity index (χ4v) is 1.73. The molecule has 0 saturated heterocycles. The molecule has 0 fully saturated rings. The minimum Gasteiger partial charge on any atom is -0.271 e. The average Bonchev–Trinajstić information content (AvgIpc) is 2.37. The lowest BCUT2D eigenvalue weighted by Gasteiger charge is -2.15. The normalized spacial score (nSPS) is 12.7. The van der Waals surface area contributed by atoms with Crippen LogP contribution in [0.1, 0.15) is 30.9 Å². The molecule has 3 N–H and O–H groups in total. The van der Waals surface area contributed by atoms with Crippen molar-refractivity contribution in [1.29, 1.82) is 0 Å². The molecular formula is C14H17F3N2. The quantitative estimate of drug-likeness (QED) is 0.490. The highest BCUT2D eigenvalue weighted by molar-refractivity contribution is 5.25. The zero-order valence-electron chi connectivity index (χ0n) is 10.7. The van der Waals surface area contributed by atoms with E-state index in [1.54, 1.807) is 6.92 Å². The Labute approximate surface area is 111 Å². The standard InChI is InChI=1S/C14H17F3N2/c1-2-3-4-5-13(19-18)10-11-6-8-12(9-7-11)14(15,16)17/h6-9,13,19H,4-5,10,18H2,1H3. The number of hydrogen-bond acceptors (Lipinski definition) is 2. The SMILES string of the molecule is CC#CCCC(Cc1ccc(C(F)(F)F)cc1)NN. The lowest BCUT2D eigenvalue weighted by Crippen LogP contribution is -2.36. The van der Waals surface area contributed by atoms with E-state index in [1.807, 2.05) is 0 Å². The number of benzene rings is 1. The van der Waals surface area contributed by atoms with E-state index < -0.39 is 11.7 Å². The molecule has 0 radical (unpaired) electrons. The lowest BCUT2D eigenvalue weighted by atomic mass is 10.0. The molecule has 19 heavy (non-hydrogen) atoms. The first kappa shape index (κ1) is 15.5. The van der Waals surface area contributed by atoms with Gasteiger partial charge in [0.25, 0.3) is 0 Å². The molecule has 1 aromatic carbocycles. The van der Waals surface area contributed by atoms with Crippen molar-refractivity contribution in [3.8, 4) is 11.8 Å². The van der Waals surface area contributed by atoms with Gasteiger partial charge < -0.3 is 0 Å². The Hall–Kier alpha value is -1.51. The van der Waals surface area contributed by atoms with Gasteiger partial charge in [-0.05, 0) is 37.5 Å². The number of halogens is 3. The molecule has 1 rings (SSSR count). The average molecular weight is 270 g/mol. The van der Waals surface area contributed by atoms with E-state index in [4.69, 9.17) is 5.84 Å². The van der Waals surface area contributed by atoms with Gasteiger partial charge in [-0.25, -0.2) is 0 Å². The first-order valence-electron chi connectivity index (χ1n) is 5.99. The molecule has 0 saturated carbocycles. The minimum atomic E-state index is -4.29. The summed E-state index contributed by atoms with van der Waals surface area (Å²) in [6.45, 7) is 1.76.